The van der Waals surface area contributed by atoms with E-state index in [1.54, 1.807) is 6.20 Å². The van der Waals surface area contributed by atoms with Crippen molar-refractivity contribution in [2.45, 2.75) is 25.8 Å². The third kappa shape index (κ3) is 4.57. The lowest BCUT2D eigenvalue weighted by atomic mass is 10.0. The molecule has 0 aliphatic carbocycles. The summed E-state index contributed by atoms with van der Waals surface area (Å²) >= 11 is 0. The van der Waals surface area contributed by atoms with Crippen molar-refractivity contribution in [3.8, 4) is 5.75 Å². The Kier molecular flexibility index (Phi) is 5.53. The number of nitrogens with one attached hydrogen (secondary N) is 1. The first-order valence-electron chi connectivity index (χ1n) is 9.58. The van der Waals surface area contributed by atoms with Gasteiger partial charge in [-0.2, -0.15) is 0 Å². The molecule has 0 atom stereocenters. The number of fused-ring (bicyclic) bond motifs is 1. The highest BCUT2D eigenvalue weighted by Crippen LogP contribution is 2.32. The van der Waals surface area contributed by atoms with E-state index in [-0.39, 0.29) is 6.09 Å². The number of pyridine rings is 1. The molecule has 0 saturated carbocycles. The summed E-state index contributed by atoms with van der Waals surface area (Å²) in [6.07, 6.45) is 6.25. The highest BCUT2D eigenvalue weighted by molar-refractivity contribution is 5.71. The first kappa shape index (κ1) is 17.8. The number of carbonyl (C=O) groups is 1. The van der Waals surface area contributed by atoms with Crippen LogP contribution in [0.4, 0.5) is 10.5 Å². The molecule has 6 heteroatoms. The van der Waals surface area contributed by atoms with Gasteiger partial charge in [0.2, 0.25) is 0 Å². The van der Waals surface area contributed by atoms with E-state index in [1.165, 1.54) is 16.8 Å². The molecule has 1 N–H and O–H groups in total. The maximum absolute atomic E-state index is 12.1. The molecular formula is C21H25N3O3. The molecule has 142 valence electrons. The summed E-state index contributed by atoms with van der Waals surface area (Å²) in [6, 6.07) is 9.94. The van der Waals surface area contributed by atoms with Crippen molar-refractivity contribution in [2.75, 3.05) is 31.2 Å². The summed E-state index contributed by atoms with van der Waals surface area (Å²) in [6.45, 7) is 4.01. The van der Waals surface area contributed by atoms with Crippen LogP contribution in [0.5, 0.6) is 5.75 Å². The molecule has 1 amide bonds. The van der Waals surface area contributed by atoms with Gasteiger partial charge >= 0.3 is 6.09 Å². The molecule has 0 unspecified atom stereocenters. The largest absolute Gasteiger partial charge is 0.412 e. The van der Waals surface area contributed by atoms with Gasteiger partial charge in [-0.25, -0.2) is 4.79 Å². The zero-order chi connectivity index (χ0) is 18.5. The third-order valence-corrected chi connectivity index (χ3v) is 5.23. The van der Waals surface area contributed by atoms with Crippen LogP contribution in [0.1, 0.15) is 24.0 Å². The Morgan fingerprint density at radius 1 is 1.30 bits per heavy atom. The molecule has 6 nitrogen and oxygen atoms in total. The van der Waals surface area contributed by atoms with Crippen LogP contribution in [0.25, 0.3) is 0 Å². The SMILES string of the molecule is O=C(NCC1CCOCC1)Oc1ccc2c(c1)CCN2Cc1cccnc1. The predicted molar refractivity (Wildman–Crippen MR) is 103 cm³/mol. The summed E-state index contributed by atoms with van der Waals surface area (Å²) in [5.74, 6) is 1.08. The van der Waals surface area contributed by atoms with Gasteiger partial charge in [0.25, 0.3) is 0 Å². The van der Waals surface area contributed by atoms with E-state index in [2.05, 4.69) is 21.3 Å². The average Bonchev–Trinajstić information content (AvgIpc) is 3.10. The van der Waals surface area contributed by atoms with Crippen LogP contribution in [0.15, 0.2) is 42.7 Å². The molecule has 1 aromatic carbocycles. The van der Waals surface area contributed by atoms with E-state index in [1.807, 2.05) is 30.5 Å². The minimum absolute atomic E-state index is 0.383. The Morgan fingerprint density at radius 3 is 3.00 bits per heavy atom. The van der Waals surface area contributed by atoms with Crippen LogP contribution in [-0.4, -0.2) is 37.4 Å². The molecule has 27 heavy (non-hydrogen) atoms. The maximum atomic E-state index is 12.1. The van der Waals surface area contributed by atoms with Crippen molar-refractivity contribution in [2.24, 2.45) is 5.92 Å². The molecule has 4 rings (SSSR count). The van der Waals surface area contributed by atoms with Crippen LogP contribution in [0, 0.1) is 5.92 Å². The number of hydrogen-bond donors (Lipinski definition) is 1. The van der Waals surface area contributed by atoms with Gasteiger partial charge in [0, 0.05) is 50.9 Å². The lowest BCUT2D eigenvalue weighted by molar-refractivity contribution is 0.0663. The lowest BCUT2D eigenvalue weighted by Crippen LogP contribution is -2.34. The first-order valence-corrected chi connectivity index (χ1v) is 9.58. The van der Waals surface area contributed by atoms with Crippen molar-refractivity contribution in [1.82, 2.24) is 10.3 Å². The average molecular weight is 367 g/mol. The Bertz CT molecular complexity index is 775. The van der Waals surface area contributed by atoms with E-state index < -0.39 is 0 Å². The zero-order valence-electron chi connectivity index (χ0n) is 15.4. The van der Waals surface area contributed by atoms with Crippen LogP contribution < -0.4 is 15.0 Å². The van der Waals surface area contributed by atoms with Gasteiger partial charge < -0.3 is 19.7 Å². The van der Waals surface area contributed by atoms with Gasteiger partial charge in [-0.1, -0.05) is 6.07 Å². The van der Waals surface area contributed by atoms with E-state index in [0.29, 0.717) is 18.2 Å². The van der Waals surface area contributed by atoms with Gasteiger partial charge in [0.1, 0.15) is 5.75 Å². The van der Waals surface area contributed by atoms with Crippen molar-refractivity contribution in [1.29, 1.82) is 0 Å². The van der Waals surface area contributed by atoms with Gasteiger partial charge in [-0.15, -0.1) is 0 Å². The molecular weight excluding hydrogens is 342 g/mol. The molecule has 1 aromatic heterocycles. The van der Waals surface area contributed by atoms with Gasteiger partial charge in [0.15, 0.2) is 0 Å². The number of carbonyl (C=O) groups excluding carboxylic acids is 1. The molecule has 0 radical (unpaired) electrons. The van der Waals surface area contributed by atoms with Crippen molar-refractivity contribution < 1.29 is 14.3 Å². The third-order valence-electron chi connectivity index (χ3n) is 5.23. The summed E-state index contributed by atoms with van der Waals surface area (Å²) in [5.41, 5.74) is 3.61. The topological polar surface area (TPSA) is 63.7 Å². The maximum Gasteiger partial charge on any atom is 0.412 e. The second kappa shape index (κ2) is 8.39. The zero-order valence-corrected chi connectivity index (χ0v) is 15.4. The predicted octanol–water partition coefficient (Wildman–Crippen LogP) is 3.16. The second-order valence-corrected chi connectivity index (χ2v) is 7.15. The molecule has 0 bridgehead atoms. The number of hydrogen-bond acceptors (Lipinski definition) is 5. The van der Waals surface area contributed by atoms with E-state index in [0.717, 1.165) is 45.6 Å². The first-order chi connectivity index (χ1) is 13.3. The number of amides is 1. The summed E-state index contributed by atoms with van der Waals surface area (Å²) in [4.78, 5) is 18.6. The van der Waals surface area contributed by atoms with E-state index in [4.69, 9.17) is 9.47 Å². The molecule has 2 aliphatic rings. The highest BCUT2D eigenvalue weighted by Gasteiger charge is 2.21. The number of aromatic nitrogens is 1. The van der Waals surface area contributed by atoms with Crippen LogP contribution in [-0.2, 0) is 17.7 Å². The van der Waals surface area contributed by atoms with Gasteiger partial charge in [0.05, 0.1) is 0 Å². The number of rotatable bonds is 5. The monoisotopic (exact) mass is 367 g/mol. The molecule has 1 saturated heterocycles. The number of anilines is 1. The van der Waals surface area contributed by atoms with Crippen molar-refractivity contribution in [3.63, 3.8) is 0 Å². The smallest absolute Gasteiger partial charge is 0.410 e. The van der Waals surface area contributed by atoms with Crippen molar-refractivity contribution >= 4 is 11.8 Å². The summed E-state index contributed by atoms with van der Waals surface area (Å²) in [5, 5.41) is 2.88. The molecule has 2 aromatic rings. The minimum Gasteiger partial charge on any atom is -0.410 e. The minimum atomic E-state index is -0.383. The van der Waals surface area contributed by atoms with Gasteiger partial charge in [-0.05, 0) is 60.6 Å². The Morgan fingerprint density at radius 2 is 2.19 bits per heavy atom. The molecule has 3 heterocycles. The standard InChI is InChI=1S/C21H25N3O3/c25-21(23-14-16-6-10-26-11-7-16)27-19-3-4-20-18(12-19)5-9-24(20)15-17-2-1-8-22-13-17/h1-4,8,12-13,16H,5-7,9-11,14-15H2,(H,23,25). The van der Waals surface area contributed by atoms with Crippen molar-refractivity contribution in [3.05, 3.63) is 53.9 Å². The molecule has 2 aliphatic heterocycles. The second-order valence-electron chi connectivity index (χ2n) is 7.15. The fourth-order valence-corrected chi connectivity index (χ4v) is 3.71. The van der Waals surface area contributed by atoms with E-state index in [9.17, 15) is 4.79 Å². The normalized spacial score (nSPS) is 16.8. The Labute approximate surface area is 159 Å². The number of ether oxygens (including phenoxy) is 2. The lowest BCUT2D eigenvalue weighted by Gasteiger charge is -2.22. The Balaban J connectivity index is 1.32. The fraction of sp³-hybridized carbons (Fsp3) is 0.429. The fourth-order valence-electron chi connectivity index (χ4n) is 3.71. The Hall–Kier alpha value is -2.60. The van der Waals surface area contributed by atoms with E-state index >= 15 is 0 Å². The number of benzene rings is 1. The quantitative estimate of drug-likeness (QED) is 0.879. The van der Waals surface area contributed by atoms with Crippen LogP contribution in [0.2, 0.25) is 0 Å². The molecule has 0 spiro atoms. The van der Waals surface area contributed by atoms with Crippen LogP contribution >= 0.6 is 0 Å². The highest BCUT2D eigenvalue weighted by atomic mass is 16.6. The van der Waals surface area contributed by atoms with Crippen LogP contribution in [0.3, 0.4) is 0 Å². The van der Waals surface area contributed by atoms with Gasteiger partial charge in [-0.3, -0.25) is 4.98 Å². The molecule has 1 fully saturated rings. The number of nitrogens with zero attached hydrogens (tertiary/aromatic N) is 2. The summed E-state index contributed by atoms with van der Waals surface area (Å²) in [7, 11) is 0. The summed E-state index contributed by atoms with van der Waals surface area (Å²) < 4.78 is 10.8.